The van der Waals surface area contributed by atoms with Crippen LogP contribution < -0.4 is 0 Å². The first-order chi connectivity index (χ1) is 9.49. The summed E-state index contributed by atoms with van der Waals surface area (Å²) in [6, 6.07) is -0.207. The van der Waals surface area contributed by atoms with Crippen LogP contribution in [0.1, 0.15) is 26.2 Å². The number of carbonyl (C=O) groups is 2. The van der Waals surface area contributed by atoms with E-state index in [0.717, 1.165) is 24.8 Å². The number of amides is 1. The molecule has 6 nitrogen and oxygen atoms in total. The molecule has 2 fully saturated rings. The average Bonchev–Trinajstić information content (AvgIpc) is 2.69. The molecule has 0 spiro atoms. The van der Waals surface area contributed by atoms with Gasteiger partial charge < -0.3 is 19.8 Å². The molecule has 0 radical (unpaired) electrons. The Labute approximate surface area is 145 Å². The minimum absolute atomic E-state index is 0. The summed E-state index contributed by atoms with van der Waals surface area (Å²) >= 11 is 0. The number of carbonyl (C=O) groups excluding carboxylic acids is 1. The van der Waals surface area contributed by atoms with Gasteiger partial charge in [-0.05, 0) is 31.8 Å². The van der Waals surface area contributed by atoms with Gasteiger partial charge in [0.15, 0.2) is 0 Å². The van der Waals surface area contributed by atoms with Crippen LogP contribution >= 0.6 is 0 Å². The number of carboxylic acid groups (broad SMARTS) is 1. The molecular weight excluding hydrogens is 285 g/mol. The van der Waals surface area contributed by atoms with E-state index in [-0.39, 0.29) is 59.2 Å². The molecular formula is C14H20NNaO5. The molecule has 3 aliphatic rings. The van der Waals surface area contributed by atoms with Gasteiger partial charge in [-0.3, -0.25) is 4.79 Å². The summed E-state index contributed by atoms with van der Waals surface area (Å²) in [7, 11) is 1.57. The van der Waals surface area contributed by atoms with Crippen LogP contribution in [0.5, 0.6) is 0 Å². The van der Waals surface area contributed by atoms with Crippen molar-refractivity contribution in [3.8, 4) is 0 Å². The molecule has 7 heteroatoms. The number of aliphatic hydroxyl groups excluding tert-OH is 1. The van der Waals surface area contributed by atoms with Crippen LogP contribution in [-0.2, 0) is 14.3 Å². The Morgan fingerprint density at radius 1 is 1.43 bits per heavy atom. The maximum absolute atomic E-state index is 12.2. The zero-order chi connectivity index (χ0) is 14.6. The van der Waals surface area contributed by atoms with Gasteiger partial charge in [0.2, 0.25) is 5.91 Å². The summed E-state index contributed by atoms with van der Waals surface area (Å²) in [6.07, 6.45) is 1.61. The molecule has 1 saturated heterocycles. The molecule has 2 N–H and O–H groups in total. The van der Waals surface area contributed by atoms with E-state index < -0.39 is 18.0 Å². The van der Waals surface area contributed by atoms with Gasteiger partial charge in [-0.1, -0.05) is 0 Å². The van der Waals surface area contributed by atoms with E-state index in [9.17, 15) is 19.8 Å². The van der Waals surface area contributed by atoms with E-state index in [1.807, 2.05) is 0 Å². The molecule has 0 bridgehead atoms. The van der Waals surface area contributed by atoms with Gasteiger partial charge in [-0.25, -0.2) is 4.79 Å². The SMILES string of the molecule is CO[C@H]1CCC[C@H]2C1=C(C(=O)O)N1C(=O)[C@H](C(C)O)[C@@H]21.[NaH]. The number of aliphatic carboxylic acids is 1. The van der Waals surface area contributed by atoms with Crippen LogP contribution in [0.3, 0.4) is 0 Å². The maximum atomic E-state index is 12.2. The third kappa shape index (κ3) is 2.28. The van der Waals surface area contributed by atoms with Crippen molar-refractivity contribution in [2.24, 2.45) is 11.8 Å². The molecule has 1 amide bonds. The first kappa shape index (κ1) is 17.0. The summed E-state index contributed by atoms with van der Waals surface area (Å²) in [5.41, 5.74) is 0.834. The van der Waals surface area contributed by atoms with E-state index >= 15 is 0 Å². The third-order valence-corrected chi connectivity index (χ3v) is 4.85. The quantitative estimate of drug-likeness (QED) is 0.553. The fourth-order valence-corrected chi connectivity index (χ4v) is 4.08. The van der Waals surface area contributed by atoms with Gasteiger partial charge in [0, 0.05) is 13.0 Å². The fourth-order valence-electron chi connectivity index (χ4n) is 4.08. The predicted molar refractivity (Wildman–Crippen MR) is 75.8 cm³/mol. The van der Waals surface area contributed by atoms with Crippen LogP contribution in [0, 0.1) is 11.8 Å². The van der Waals surface area contributed by atoms with Crippen molar-refractivity contribution in [1.82, 2.24) is 4.90 Å². The molecule has 2 heterocycles. The van der Waals surface area contributed by atoms with Gasteiger partial charge >= 0.3 is 35.5 Å². The van der Waals surface area contributed by atoms with Gasteiger partial charge in [0.25, 0.3) is 0 Å². The Kier molecular flexibility index (Phi) is 4.85. The Hall–Kier alpha value is -0.400. The van der Waals surface area contributed by atoms with Crippen LogP contribution in [0.4, 0.5) is 0 Å². The summed E-state index contributed by atoms with van der Waals surface area (Å²) in [5, 5.41) is 19.2. The van der Waals surface area contributed by atoms with E-state index in [2.05, 4.69) is 0 Å². The van der Waals surface area contributed by atoms with Gasteiger partial charge in [0.1, 0.15) is 5.70 Å². The van der Waals surface area contributed by atoms with Crippen LogP contribution in [0.2, 0.25) is 0 Å². The zero-order valence-corrected chi connectivity index (χ0v) is 11.6. The number of fused-ring (bicyclic) bond motifs is 3. The molecule has 112 valence electrons. The number of hydrogen-bond acceptors (Lipinski definition) is 4. The van der Waals surface area contributed by atoms with Crippen LogP contribution in [0.15, 0.2) is 11.3 Å². The molecule has 1 aliphatic carbocycles. The molecule has 3 rings (SSSR count). The summed E-state index contributed by atoms with van der Waals surface area (Å²) in [5.74, 6) is -1.83. The Morgan fingerprint density at radius 2 is 2.10 bits per heavy atom. The van der Waals surface area contributed by atoms with E-state index in [0.29, 0.717) is 0 Å². The third-order valence-electron chi connectivity index (χ3n) is 4.85. The standard InChI is InChI=1S/C14H19NO5.Na.H/c1-6(16)9-11-7-4-3-5-8(20-2)10(7)12(14(18)19)15(11)13(9)17;;/h6-9,11,16H,3-5H2,1-2H3,(H,18,19);;/t6?,7-,8-,9+,11+;;/m0../s1. The Morgan fingerprint density at radius 3 is 2.62 bits per heavy atom. The van der Waals surface area contributed by atoms with Crippen molar-refractivity contribution in [3.63, 3.8) is 0 Å². The molecule has 1 unspecified atom stereocenters. The van der Waals surface area contributed by atoms with Crippen molar-refractivity contribution in [2.75, 3.05) is 7.11 Å². The molecule has 0 aromatic rings. The molecule has 0 aromatic carbocycles. The van der Waals surface area contributed by atoms with E-state index in [1.165, 1.54) is 4.90 Å². The topological polar surface area (TPSA) is 87.1 Å². The number of ether oxygens (including phenoxy) is 1. The number of aliphatic hydroxyl groups is 1. The van der Waals surface area contributed by atoms with Crippen molar-refractivity contribution < 1.29 is 24.5 Å². The summed E-state index contributed by atoms with van der Waals surface area (Å²) < 4.78 is 5.42. The Bertz CT molecular complexity index is 504. The van der Waals surface area contributed by atoms with Crippen LogP contribution in [-0.4, -0.2) is 81.9 Å². The number of β-lactam (4-membered cyclic amide) rings is 1. The number of hydrogen-bond donors (Lipinski definition) is 2. The number of nitrogens with zero attached hydrogens (tertiary/aromatic N) is 1. The number of carboxylic acids is 1. The molecule has 5 atom stereocenters. The second-order valence-electron chi connectivity index (χ2n) is 5.84. The fraction of sp³-hybridized carbons (Fsp3) is 0.714. The van der Waals surface area contributed by atoms with E-state index in [4.69, 9.17) is 4.74 Å². The second-order valence-corrected chi connectivity index (χ2v) is 5.84. The molecule has 1 saturated carbocycles. The second kappa shape index (κ2) is 6.01. The minimum atomic E-state index is -1.08. The van der Waals surface area contributed by atoms with Crippen molar-refractivity contribution >= 4 is 41.4 Å². The number of methoxy groups -OCH3 is 1. The monoisotopic (exact) mass is 305 g/mol. The molecule has 0 aromatic heterocycles. The van der Waals surface area contributed by atoms with Gasteiger partial charge in [-0.2, -0.15) is 0 Å². The van der Waals surface area contributed by atoms with Crippen molar-refractivity contribution in [1.29, 1.82) is 0 Å². The summed E-state index contributed by atoms with van der Waals surface area (Å²) in [6.45, 7) is 1.59. The Balaban J connectivity index is 0.00000161. The van der Waals surface area contributed by atoms with Gasteiger partial charge in [-0.15, -0.1) is 0 Å². The molecule has 21 heavy (non-hydrogen) atoms. The normalized spacial score (nSPS) is 35.6. The molecule has 2 aliphatic heterocycles. The first-order valence-corrected chi connectivity index (χ1v) is 7.00. The number of rotatable bonds is 3. The average molecular weight is 305 g/mol. The van der Waals surface area contributed by atoms with Crippen LogP contribution in [0.25, 0.3) is 0 Å². The predicted octanol–water partition coefficient (Wildman–Crippen LogP) is -0.287. The van der Waals surface area contributed by atoms with Crippen molar-refractivity contribution in [3.05, 3.63) is 11.3 Å². The van der Waals surface area contributed by atoms with Crippen molar-refractivity contribution in [2.45, 2.75) is 44.4 Å². The zero-order valence-electron chi connectivity index (χ0n) is 11.6. The van der Waals surface area contributed by atoms with E-state index in [1.54, 1.807) is 14.0 Å². The van der Waals surface area contributed by atoms with Gasteiger partial charge in [0.05, 0.1) is 24.2 Å². The first-order valence-electron chi connectivity index (χ1n) is 7.00. The summed E-state index contributed by atoms with van der Waals surface area (Å²) in [4.78, 5) is 25.1.